The summed E-state index contributed by atoms with van der Waals surface area (Å²) in [5, 5.41) is 14.5. The van der Waals surface area contributed by atoms with E-state index < -0.39 is 16.7 Å². The highest BCUT2D eigenvalue weighted by molar-refractivity contribution is 5.78. The Labute approximate surface area is 151 Å². The molecule has 3 aromatic rings. The van der Waals surface area contributed by atoms with Crippen LogP contribution < -0.4 is 5.43 Å². The van der Waals surface area contributed by atoms with Crippen molar-refractivity contribution in [3.63, 3.8) is 0 Å². The molecule has 1 heterocycles. The fraction of sp³-hybridized carbons (Fsp3) is 0.0556. The molecule has 6 nitrogen and oxygen atoms in total. The molecule has 0 saturated carbocycles. The molecule has 0 bridgehead atoms. The van der Waals surface area contributed by atoms with Crippen molar-refractivity contribution in [3.05, 3.63) is 82.1 Å². The normalized spacial score (nSPS) is 11.7. The summed E-state index contributed by atoms with van der Waals surface area (Å²) in [7, 11) is 0. The number of nitro benzene ring substituents is 1. The number of halogens is 3. The molecule has 0 aliphatic heterocycles. The van der Waals surface area contributed by atoms with Gasteiger partial charge in [-0.25, -0.2) is 0 Å². The third-order valence-corrected chi connectivity index (χ3v) is 3.59. The molecule has 0 saturated heterocycles. The maximum atomic E-state index is 13.1. The van der Waals surface area contributed by atoms with Crippen LogP contribution in [-0.2, 0) is 6.18 Å². The van der Waals surface area contributed by atoms with Crippen molar-refractivity contribution in [3.8, 4) is 11.3 Å². The van der Waals surface area contributed by atoms with Gasteiger partial charge in [0.15, 0.2) is 0 Å². The number of nitro groups is 1. The number of non-ortho nitro benzene ring substituents is 1. The first-order valence-corrected chi connectivity index (χ1v) is 7.64. The van der Waals surface area contributed by atoms with Gasteiger partial charge in [-0.15, -0.1) is 0 Å². The SMILES string of the molecule is O=[N+]([O-])c1ccc(N/N=C\c2ccc(-c3ccccc3C(F)(F)F)o2)cc1. The highest BCUT2D eigenvalue weighted by atomic mass is 19.4. The number of nitrogens with one attached hydrogen (secondary N) is 1. The van der Waals surface area contributed by atoms with Crippen LogP contribution in [0.5, 0.6) is 0 Å². The van der Waals surface area contributed by atoms with Gasteiger partial charge in [-0.2, -0.15) is 18.3 Å². The van der Waals surface area contributed by atoms with Gasteiger partial charge in [0.05, 0.1) is 22.4 Å². The number of hydrogen-bond acceptors (Lipinski definition) is 5. The van der Waals surface area contributed by atoms with Crippen LogP contribution in [0.25, 0.3) is 11.3 Å². The van der Waals surface area contributed by atoms with Crippen molar-refractivity contribution in [1.29, 1.82) is 0 Å². The molecule has 2 aromatic carbocycles. The third-order valence-electron chi connectivity index (χ3n) is 3.59. The summed E-state index contributed by atoms with van der Waals surface area (Å²) in [5.41, 5.74) is 2.26. The molecule has 0 aliphatic carbocycles. The lowest BCUT2D eigenvalue weighted by atomic mass is 10.1. The van der Waals surface area contributed by atoms with Crippen molar-refractivity contribution in [2.45, 2.75) is 6.18 Å². The molecule has 1 N–H and O–H groups in total. The fourth-order valence-electron chi connectivity index (χ4n) is 2.34. The molecule has 27 heavy (non-hydrogen) atoms. The number of nitrogens with zero attached hydrogens (tertiary/aromatic N) is 2. The van der Waals surface area contributed by atoms with Crippen LogP contribution in [0.1, 0.15) is 11.3 Å². The lowest BCUT2D eigenvalue weighted by molar-refractivity contribution is -0.384. The number of benzene rings is 2. The molecule has 0 amide bonds. The third kappa shape index (κ3) is 4.32. The van der Waals surface area contributed by atoms with E-state index in [2.05, 4.69) is 10.5 Å². The van der Waals surface area contributed by atoms with Crippen LogP contribution in [0.2, 0.25) is 0 Å². The van der Waals surface area contributed by atoms with Gasteiger partial charge in [-0.05, 0) is 30.3 Å². The van der Waals surface area contributed by atoms with Crippen LogP contribution in [0.4, 0.5) is 24.5 Å². The standard InChI is InChI=1S/C18H12F3N3O3/c19-18(20,21)16-4-2-1-3-15(16)17-10-9-14(27-17)11-22-23-12-5-7-13(8-6-12)24(25)26/h1-11,23H/b22-11-. The van der Waals surface area contributed by atoms with Crippen molar-refractivity contribution >= 4 is 17.6 Å². The minimum absolute atomic E-state index is 0.0523. The van der Waals surface area contributed by atoms with E-state index in [-0.39, 0.29) is 22.8 Å². The van der Waals surface area contributed by atoms with E-state index in [4.69, 9.17) is 4.42 Å². The predicted molar refractivity (Wildman–Crippen MR) is 93.5 cm³/mol. The van der Waals surface area contributed by atoms with Crippen molar-refractivity contribution in [2.24, 2.45) is 5.10 Å². The summed E-state index contributed by atoms with van der Waals surface area (Å²) >= 11 is 0. The largest absolute Gasteiger partial charge is 0.455 e. The molecule has 138 valence electrons. The van der Waals surface area contributed by atoms with E-state index in [1.54, 1.807) is 0 Å². The molecule has 3 rings (SSSR count). The highest BCUT2D eigenvalue weighted by Crippen LogP contribution is 2.37. The van der Waals surface area contributed by atoms with Crippen LogP contribution in [0, 0.1) is 10.1 Å². The lowest BCUT2D eigenvalue weighted by Crippen LogP contribution is -2.06. The molecule has 0 fully saturated rings. The Hall–Kier alpha value is -3.62. The number of furan rings is 1. The van der Waals surface area contributed by atoms with E-state index in [1.807, 2.05) is 0 Å². The zero-order valence-electron chi connectivity index (χ0n) is 13.6. The van der Waals surface area contributed by atoms with Crippen LogP contribution in [-0.4, -0.2) is 11.1 Å². The highest BCUT2D eigenvalue weighted by Gasteiger charge is 2.34. The van der Waals surface area contributed by atoms with E-state index in [0.717, 1.165) is 6.07 Å². The lowest BCUT2D eigenvalue weighted by Gasteiger charge is -2.10. The molecular weight excluding hydrogens is 363 g/mol. The maximum Gasteiger partial charge on any atom is 0.417 e. The zero-order chi connectivity index (χ0) is 19.4. The summed E-state index contributed by atoms with van der Waals surface area (Å²) < 4.78 is 44.7. The van der Waals surface area contributed by atoms with Crippen LogP contribution in [0.15, 0.2) is 70.2 Å². The summed E-state index contributed by atoms with van der Waals surface area (Å²) in [6, 6.07) is 13.6. The molecule has 0 unspecified atom stereocenters. The Morgan fingerprint density at radius 1 is 1.04 bits per heavy atom. The average molecular weight is 375 g/mol. The minimum atomic E-state index is -4.49. The van der Waals surface area contributed by atoms with Crippen molar-refractivity contribution < 1.29 is 22.5 Å². The van der Waals surface area contributed by atoms with Crippen molar-refractivity contribution in [1.82, 2.24) is 0 Å². The van der Waals surface area contributed by atoms with Gasteiger partial charge in [0, 0.05) is 17.7 Å². The van der Waals surface area contributed by atoms with Gasteiger partial charge in [0.25, 0.3) is 5.69 Å². The zero-order valence-corrected chi connectivity index (χ0v) is 13.6. The Bertz CT molecular complexity index is 979. The van der Waals surface area contributed by atoms with E-state index in [0.29, 0.717) is 5.69 Å². The predicted octanol–water partition coefficient (Wildman–Crippen LogP) is 5.32. The molecule has 9 heteroatoms. The molecule has 1 aromatic heterocycles. The second kappa shape index (κ2) is 7.32. The number of hydrazone groups is 1. The molecular formula is C18H12F3N3O3. The van der Waals surface area contributed by atoms with Crippen molar-refractivity contribution in [2.75, 3.05) is 5.43 Å². The van der Waals surface area contributed by atoms with Gasteiger partial charge in [-0.3, -0.25) is 15.5 Å². The first kappa shape index (κ1) is 18.2. The Morgan fingerprint density at radius 3 is 2.41 bits per heavy atom. The van der Waals surface area contributed by atoms with Gasteiger partial charge in [-0.1, -0.05) is 18.2 Å². The summed E-state index contributed by atoms with van der Waals surface area (Å²) in [6.07, 6.45) is -3.20. The molecule has 0 atom stereocenters. The maximum absolute atomic E-state index is 13.1. The van der Waals surface area contributed by atoms with Crippen LogP contribution in [0.3, 0.4) is 0 Å². The Kier molecular flexibility index (Phi) is 4.93. The number of anilines is 1. The Balaban J connectivity index is 1.73. The van der Waals surface area contributed by atoms with E-state index in [1.165, 1.54) is 60.8 Å². The minimum Gasteiger partial charge on any atom is -0.455 e. The number of hydrogen-bond donors (Lipinski definition) is 1. The summed E-state index contributed by atoms with van der Waals surface area (Å²) in [4.78, 5) is 10.1. The molecule has 0 radical (unpaired) electrons. The first-order chi connectivity index (χ1) is 12.8. The second-order valence-corrected chi connectivity index (χ2v) is 5.42. The second-order valence-electron chi connectivity index (χ2n) is 5.42. The fourth-order valence-corrected chi connectivity index (χ4v) is 2.34. The summed E-state index contributed by atoms with van der Waals surface area (Å²) in [5.74, 6) is 0.316. The van der Waals surface area contributed by atoms with Crippen LogP contribution >= 0.6 is 0 Å². The number of alkyl halides is 3. The quantitative estimate of drug-likeness (QED) is 0.372. The van der Waals surface area contributed by atoms with E-state index >= 15 is 0 Å². The molecule has 0 spiro atoms. The van der Waals surface area contributed by atoms with Gasteiger partial charge in [0.2, 0.25) is 0 Å². The Morgan fingerprint density at radius 2 is 1.74 bits per heavy atom. The van der Waals surface area contributed by atoms with E-state index in [9.17, 15) is 23.3 Å². The smallest absolute Gasteiger partial charge is 0.417 e. The molecule has 0 aliphatic rings. The topological polar surface area (TPSA) is 80.7 Å². The van der Waals surface area contributed by atoms with Gasteiger partial charge >= 0.3 is 6.18 Å². The van der Waals surface area contributed by atoms with Gasteiger partial charge in [0.1, 0.15) is 11.5 Å². The average Bonchev–Trinajstić information content (AvgIpc) is 3.10. The number of rotatable bonds is 5. The monoisotopic (exact) mass is 375 g/mol. The van der Waals surface area contributed by atoms with Gasteiger partial charge < -0.3 is 4.42 Å². The summed E-state index contributed by atoms with van der Waals surface area (Å²) in [6.45, 7) is 0. The first-order valence-electron chi connectivity index (χ1n) is 7.64.